The number of pyridine rings is 1. The minimum absolute atomic E-state index is 0.0253. The lowest BCUT2D eigenvalue weighted by Gasteiger charge is -2.06. The number of hydrogen-bond donors (Lipinski definition) is 0. The summed E-state index contributed by atoms with van der Waals surface area (Å²) in [4.78, 5) is 16.8. The van der Waals surface area contributed by atoms with Crippen molar-refractivity contribution in [2.45, 2.75) is 0 Å². The summed E-state index contributed by atoms with van der Waals surface area (Å²) in [5.74, 6) is -0.0253. The van der Waals surface area contributed by atoms with Crippen molar-refractivity contribution in [3.63, 3.8) is 0 Å². The number of nitrogens with zero attached hydrogens (tertiary/aromatic N) is 1. The molecule has 0 aliphatic heterocycles. The predicted molar refractivity (Wildman–Crippen MR) is 89.3 cm³/mol. The van der Waals surface area contributed by atoms with Crippen LogP contribution in [0, 0.1) is 3.57 Å². The largest absolute Gasteiger partial charge is 0.289 e. The Morgan fingerprint density at radius 2 is 1.95 bits per heavy atom. The number of benzene rings is 2. The summed E-state index contributed by atoms with van der Waals surface area (Å²) < 4.78 is 0.892. The number of carbonyl (C=O) groups is 1. The molecule has 0 saturated carbocycles. The van der Waals surface area contributed by atoms with Gasteiger partial charge in [0, 0.05) is 31.3 Å². The molecule has 2 nitrogen and oxygen atoms in total. The molecule has 20 heavy (non-hydrogen) atoms. The lowest BCUT2D eigenvalue weighted by Crippen LogP contribution is -2.03. The van der Waals surface area contributed by atoms with E-state index < -0.39 is 0 Å². The molecule has 0 bridgehead atoms. The Balaban J connectivity index is 2.10. The Morgan fingerprint density at radius 3 is 2.80 bits per heavy atom. The second kappa shape index (κ2) is 5.50. The molecule has 0 saturated heterocycles. The van der Waals surface area contributed by atoms with Gasteiger partial charge >= 0.3 is 0 Å². The van der Waals surface area contributed by atoms with Gasteiger partial charge in [-0.1, -0.05) is 17.7 Å². The van der Waals surface area contributed by atoms with E-state index in [0.717, 1.165) is 14.5 Å². The molecule has 3 rings (SSSR count). The van der Waals surface area contributed by atoms with E-state index in [9.17, 15) is 4.79 Å². The summed E-state index contributed by atoms with van der Waals surface area (Å²) >= 11 is 8.12. The first kappa shape index (κ1) is 13.5. The maximum Gasteiger partial charge on any atom is 0.194 e. The van der Waals surface area contributed by atoms with Crippen molar-refractivity contribution in [3.05, 3.63) is 74.4 Å². The van der Waals surface area contributed by atoms with Gasteiger partial charge in [0.05, 0.1) is 5.52 Å². The van der Waals surface area contributed by atoms with Gasteiger partial charge in [-0.2, -0.15) is 0 Å². The number of halogens is 2. The van der Waals surface area contributed by atoms with E-state index in [1.807, 2.05) is 30.3 Å². The summed E-state index contributed by atoms with van der Waals surface area (Å²) in [6.45, 7) is 0. The molecule has 0 unspecified atom stereocenters. The molecule has 4 heteroatoms. The average molecular weight is 394 g/mol. The van der Waals surface area contributed by atoms with Gasteiger partial charge in [-0.05, 0) is 65.1 Å². The fourth-order valence-electron chi connectivity index (χ4n) is 2.04. The molecule has 0 spiro atoms. The highest BCUT2D eigenvalue weighted by molar-refractivity contribution is 14.1. The van der Waals surface area contributed by atoms with Gasteiger partial charge in [0.15, 0.2) is 5.78 Å². The van der Waals surface area contributed by atoms with Gasteiger partial charge in [-0.15, -0.1) is 0 Å². The number of fused-ring (bicyclic) bond motifs is 1. The van der Waals surface area contributed by atoms with Crippen LogP contribution in [0.2, 0.25) is 5.02 Å². The number of ketones is 1. The van der Waals surface area contributed by atoms with Crippen LogP contribution in [0.3, 0.4) is 0 Å². The summed E-state index contributed by atoms with van der Waals surface area (Å²) in [5.41, 5.74) is 2.15. The lowest BCUT2D eigenvalue weighted by atomic mass is 10.0. The zero-order chi connectivity index (χ0) is 14.1. The van der Waals surface area contributed by atoms with Gasteiger partial charge in [0.25, 0.3) is 0 Å². The molecule has 0 amide bonds. The van der Waals surface area contributed by atoms with Gasteiger partial charge < -0.3 is 0 Å². The summed E-state index contributed by atoms with van der Waals surface area (Å²) in [5, 5.41) is 1.52. The molecule has 1 heterocycles. The standard InChI is InChI=1S/C16H9ClINO/c17-12-4-5-14(18)13(9-12)16(20)11-3-6-15-10(8-11)2-1-7-19-15/h1-9H. The van der Waals surface area contributed by atoms with Gasteiger partial charge in [-0.25, -0.2) is 0 Å². The van der Waals surface area contributed by atoms with Crippen LogP contribution in [0.25, 0.3) is 10.9 Å². The highest BCUT2D eigenvalue weighted by Crippen LogP contribution is 2.22. The quantitative estimate of drug-likeness (QED) is 0.466. The SMILES string of the molecule is O=C(c1ccc2ncccc2c1)c1cc(Cl)ccc1I. The molecule has 0 atom stereocenters. The van der Waals surface area contributed by atoms with Crippen molar-refractivity contribution in [3.8, 4) is 0 Å². The Hall–Kier alpha value is -1.46. The molecule has 0 aliphatic rings. The third-order valence-electron chi connectivity index (χ3n) is 3.04. The lowest BCUT2D eigenvalue weighted by molar-refractivity contribution is 0.103. The molecule has 0 aliphatic carbocycles. The van der Waals surface area contributed by atoms with Crippen molar-refractivity contribution >= 4 is 50.9 Å². The third kappa shape index (κ3) is 2.55. The normalized spacial score (nSPS) is 10.7. The van der Waals surface area contributed by atoms with E-state index in [0.29, 0.717) is 16.1 Å². The van der Waals surface area contributed by atoms with E-state index >= 15 is 0 Å². The molecule has 0 N–H and O–H groups in total. The highest BCUT2D eigenvalue weighted by atomic mass is 127. The van der Waals surface area contributed by atoms with Crippen LogP contribution in [-0.2, 0) is 0 Å². The van der Waals surface area contributed by atoms with Crippen molar-refractivity contribution in [1.82, 2.24) is 4.98 Å². The van der Waals surface area contributed by atoms with Crippen LogP contribution in [0.5, 0.6) is 0 Å². The van der Waals surface area contributed by atoms with E-state index in [1.54, 1.807) is 24.4 Å². The first-order valence-electron chi connectivity index (χ1n) is 6.00. The Bertz CT molecular complexity index is 816. The average Bonchev–Trinajstić information content (AvgIpc) is 2.48. The fourth-order valence-corrected chi connectivity index (χ4v) is 2.80. The summed E-state index contributed by atoms with van der Waals surface area (Å²) in [7, 11) is 0. The van der Waals surface area contributed by atoms with Crippen LogP contribution in [0.1, 0.15) is 15.9 Å². The molecular weight excluding hydrogens is 385 g/mol. The van der Waals surface area contributed by atoms with Crippen LogP contribution in [-0.4, -0.2) is 10.8 Å². The Labute approximate surface area is 134 Å². The Kier molecular flexibility index (Phi) is 3.72. The van der Waals surface area contributed by atoms with Gasteiger partial charge in [0.1, 0.15) is 0 Å². The van der Waals surface area contributed by atoms with Gasteiger partial charge in [-0.3, -0.25) is 9.78 Å². The highest BCUT2D eigenvalue weighted by Gasteiger charge is 2.13. The topological polar surface area (TPSA) is 30.0 Å². The van der Waals surface area contributed by atoms with Crippen molar-refractivity contribution in [1.29, 1.82) is 0 Å². The van der Waals surface area contributed by atoms with Crippen LogP contribution in [0.15, 0.2) is 54.7 Å². The first-order chi connectivity index (χ1) is 9.65. The molecule has 3 aromatic rings. The fraction of sp³-hybridized carbons (Fsp3) is 0. The van der Waals surface area contributed by atoms with Crippen molar-refractivity contribution < 1.29 is 4.79 Å². The molecule has 0 fully saturated rings. The van der Waals surface area contributed by atoms with Crippen LogP contribution in [0.4, 0.5) is 0 Å². The number of carbonyl (C=O) groups excluding carboxylic acids is 1. The Morgan fingerprint density at radius 1 is 1.10 bits per heavy atom. The minimum atomic E-state index is -0.0253. The first-order valence-corrected chi connectivity index (χ1v) is 7.45. The third-order valence-corrected chi connectivity index (χ3v) is 4.21. The summed E-state index contributed by atoms with van der Waals surface area (Å²) in [6, 6.07) is 14.7. The molecule has 2 aromatic carbocycles. The van der Waals surface area contributed by atoms with Gasteiger partial charge in [0.2, 0.25) is 0 Å². The van der Waals surface area contributed by atoms with Crippen molar-refractivity contribution in [2.75, 3.05) is 0 Å². The van der Waals surface area contributed by atoms with E-state index in [1.165, 1.54) is 0 Å². The van der Waals surface area contributed by atoms with E-state index in [-0.39, 0.29) is 5.78 Å². The number of rotatable bonds is 2. The molecular formula is C16H9ClINO. The predicted octanol–water partition coefficient (Wildman–Crippen LogP) is 4.72. The number of hydrogen-bond acceptors (Lipinski definition) is 2. The van der Waals surface area contributed by atoms with Crippen molar-refractivity contribution in [2.24, 2.45) is 0 Å². The van der Waals surface area contributed by atoms with E-state index in [4.69, 9.17) is 11.6 Å². The molecule has 1 aromatic heterocycles. The maximum atomic E-state index is 12.6. The number of aromatic nitrogens is 1. The second-order valence-corrected chi connectivity index (χ2v) is 5.96. The molecule has 0 radical (unpaired) electrons. The van der Waals surface area contributed by atoms with Crippen LogP contribution < -0.4 is 0 Å². The molecule has 98 valence electrons. The second-order valence-electron chi connectivity index (χ2n) is 4.36. The van der Waals surface area contributed by atoms with Crippen LogP contribution >= 0.6 is 34.2 Å². The van der Waals surface area contributed by atoms with E-state index in [2.05, 4.69) is 27.6 Å². The smallest absolute Gasteiger partial charge is 0.194 e. The zero-order valence-corrected chi connectivity index (χ0v) is 13.2. The maximum absolute atomic E-state index is 12.6. The zero-order valence-electron chi connectivity index (χ0n) is 10.3. The minimum Gasteiger partial charge on any atom is -0.289 e. The summed E-state index contributed by atoms with van der Waals surface area (Å²) in [6.07, 6.45) is 1.74. The monoisotopic (exact) mass is 393 g/mol.